The highest BCUT2D eigenvalue weighted by Crippen LogP contribution is 2.18. The summed E-state index contributed by atoms with van der Waals surface area (Å²) in [5.74, 6) is 0.0806. The number of carbonyl (C=O) groups excluding carboxylic acids is 2. The minimum atomic E-state index is -0.887. The highest BCUT2D eigenvalue weighted by molar-refractivity contribution is 5.90. The van der Waals surface area contributed by atoms with Crippen LogP contribution in [0.4, 0.5) is 16.2 Å². The molecule has 1 amide bonds. The average Bonchev–Trinajstić information content (AvgIpc) is 3.01. The standard InChI is InChI=1S/C36H53N2O6/c1-2-3-4-5-6-7-8-9-10-11-12-13-14-15-16-17-20-31-22-24-32(25-23-31)37-35(39)21-18-19-30-43-36(40)44-34-28-26-33(27-29-34)38(41)42/h22-29H,1-21,30H2,(H,37,39). The van der Waals surface area contributed by atoms with Gasteiger partial charge in [0.05, 0.1) is 11.5 Å². The Hall–Kier alpha value is -3.42. The van der Waals surface area contributed by atoms with Gasteiger partial charge in [-0.15, -0.1) is 0 Å². The number of benzene rings is 2. The molecule has 0 spiro atoms. The van der Waals surface area contributed by atoms with Crippen LogP contribution in [0.5, 0.6) is 5.75 Å². The third kappa shape index (κ3) is 18.3. The molecule has 0 fully saturated rings. The fourth-order valence-electron chi connectivity index (χ4n) is 5.09. The molecule has 1 radical (unpaired) electrons. The number of ether oxygens (including phenoxy) is 2. The number of hydrogen-bond donors (Lipinski definition) is 1. The highest BCUT2D eigenvalue weighted by atomic mass is 16.7. The van der Waals surface area contributed by atoms with Gasteiger partial charge in [0.2, 0.25) is 5.91 Å². The lowest BCUT2D eigenvalue weighted by Gasteiger charge is -2.08. The quantitative estimate of drug-likeness (QED) is 0.0394. The number of aryl methyl sites for hydroxylation is 1. The molecule has 0 aliphatic rings. The molecule has 1 N–H and O–H groups in total. The molecule has 2 aromatic carbocycles. The van der Waals surface area contributed by atoms with Gasteiger partial charge in [-0.3, -0.25) is 14.9 Å². The van der Waals surface area contributed by atoms with Crippen molar-refractivity contribution in [3.05, 3.63) is 71.1 Å². The summed E-state index contributed by atoms with van der Waals surface area (Å²) in [6, 6.07) is 13.2. The maximum absolute atomic E-state index is 12.3. The zero-order valence-electron chi connectivity index (χ0n) is 26.6. The summed E-state index contributed by atoms with van der Waals surface area (Å²) < 4.78 is 9.98. The predicted octanol–water partition coefficient (Wildman–Crippen LogP) is 10.5. The lowest BCUT2D eigenvalue weighted by molar-refractivity contribution is -0.384. The van der Waals surface area contributed by atoms with Crippen molar-refractivity contribution >= 4 is 23.4 Å². The van der Waals surface area contributed by atoms with Gasteiger partial charge in [0.15, 0.2) is 0 Å². The molecule has 0 saturated heterocycles. The first-order valence-corrected chi connectivity index (χ1v) is 16.7. The van der Waals surface area contributed by atoms with Crippen LogP contribution in [0.1, 0.15) is 128 Å². The van der Waals surface area contributed by atoms with E-state index in [1.807, 2.05) is 12.1 Å². The number of rotatable bonds is 25. The minimum Gasteiger partial charge on any atom is -0.434 e. The molecule has 0 atom stereocenters. The van der Waals surface area contributed by atoms with Crippen LogP contribution >= 0.6 is 0 Å². The van der Waals surface area contributed by atoms with Crippen LogP contribution in [-0.4, -0.2) is 23.6 Å². The third-order valence-corrected chi connectivity index (χ3v) is 7.72. The van der Waals surface area contributed by atoms with Gasteiger partial charge in [-0.25, -0.2) is 4.79 Å². The predicted molar refractivity (Wildman–Crippen MR) is 177 cm³/mol. The summed E-state index contributed by atoms with van der Waals surface area (Å²) >= 11 is 0. The first kappa shape index (κ1) is 36.8. The molecule has 0 saturated carbocycles. The van der Waals surface area contributed by atoms with Gasteiger partial charge in [0.1, 0.15) is 5.75 Å². The van der Waals surface area contributed by atoms with E-state index in [0.29, 0.717) is 19.3 Å². The lowest BCUT2D eigenvalue weighted by Crippen LogP contribution is -2.13. The van der Waals surface area contributed by atoms with E-state index in [4.69, 9.17) is 9.47 Å². The van der Waals surface area contributed by atoms with E-state index in [0.717, 1.165) is 18.5 Å². The van der Waals surface area contributed by atoms with Gasteiger partial charge in [0, 0.05) is 24.2 Å². The van der Waals surface area contributed by atoms with Crippen molar-refractivity contribution in [2.24, 2.45) is 0 Å². The van der Waals surface area contributed by atoms with E-state index in [-0.39, 0.29) is 24.0 Å². The second-order valence-corrected chi connectivity index (χ2v) is 11.6. The van der Waals surface area contributed by atoms with Gasteiger partial charge < -0.3 is 14.8 Å². The van der Waals surface area contributed by atoms with Crippen molar-refractivity contribution in [1.82, 2.24) is 0 Å². The number of unbranched alkanes of at least 4 members (excludes halogenated alkanes) is 16. The highest BCUT2D eigenvalue weighted by Gasteiger charge is 2.10. The normalized spacial score (nSPS) is 10.8. The molecule has 0 aliphatic heterocycles. The Labute approximate surface area is 264 Å². The van der Waals surface area contributed by atoms with Gasteiger partial charge in [0.25, 0.3) is 5.69 Å². The third-order valence-electron chi connectivity index (χ3n) is 7.72. The molecule has 243 valence electrons. The summed E-state index contributed by atoms with van der Waals surface area (Å²) in [4.78, 5) is 34.1. The first-order valence-electron chi connectivity index (χ1n) is 16.7. The number of nitrogens with zero attached hydrogens (tertiary/aromatic N) is 1. The Morgan fingerprint density at radius 3 is 1.73 bits per heavy atom. The molecule has 8 heteroatoms. The van der Waals surface area contributed by atoms with Gasteiger partial charge in [-0.1, -0.05) is 115 Å². The van der Waals surface area contributed by atoms with Crippen LogP contribution in [-0.2, 0) is 16.0 Å². The summed E-state index contributed by atoms with van der Waals surface area (Å²) in [6.45, 7) is 4.02. The zero-order valence-corrected chi connectivity index (χ0v) is 26.6. The van der Waals surface area contributed by atoms with E-state index in [1.165, 1.54) is 126 Å². The summed E-state index contributed by atoms with van der Waals surface area (Å²) in [5.41, 5.74) is 1.99. The lowest BCUT2D eigenvalue weighted by atomic mass is 10.0. The first-order chi connectivity index (χ1) is 21.5. The Morgan fingerprint density at radius 2 is 1.20 bits per heavy atom. The number of nitro groups is 1. The Kier molecular flexibility index (Phi) is 20.0. The van der Waals surface area contributed by atoms with Crippen LogP contribution in [0.25, 0.3) is 0 Å². The SMILES string of the molecule is [CH2]CCCCCCCCCCCCCCCCCc1ccc(NC(=O)CCCCOC(=O)Oc2ccc([N+](=O)[O-])cc2)cc1. The summed E-state index contributed by atoms with van der Waals surface area (Å²) in [5, 5.41) is 13.6. The molecule has 44 heavy (non-hydrogen) atoms. The van der Waals surface area contributed by atoms with Crippen molar-refractivity contribution < 1.29 is 24.0 Å². The molecule has 0 bridgehead atoms. The molecule has 2 rings (SSSR count). The van der Waals surface area contributed by atoms with E-state index in [2.05, 4.69) is 24.4 Å². The van der Waals surface area contributed by atoms with Crippen LogP contribution in [0, 0.1) is 17.0 Å². The van der Waals surface area contributed by atoms with E-state index in [1.54, 1.807) is 0 Å². The number of nitro benzene ring substituents is 1. The minimum absolute atomic E-state index is 0.0814. The molecule has 8 nitrogen and oxygen atoms in total. The van der Waals surface area contributed by atoms with Crippen molar-refractivity contribution in [3.8, 4) is 5.75 Å². The van der Waals surface area contributed by atoms with E-state index < -0.39 is 11.1 Å². The second-order valence-electron chi connectivity index (χ2n) is 11.6. The van der Waals surface area contributed by atoms with Crippen molar-refractivity contribution in [2.45, 2.75) is 128 Å². The van der Waals surface area contributed by atoms with Gasteiger partial charge >= 0.3 is 6.16 Å². The molecular formula is C36H53N2O6. The fraction of sp³-hybridized carbons (Fsp3) is 0.583. The maximum atomic E-state index is 12.3. The van der Waals surface area contributed by atoms with Crippen LogP contribution in [0.15, 0.2) is 48.5 Å². The molecule has 0 aliphatic carbocycles. The Balaban J connectivity index is 1.41. The zero-order chi connectivity index (χ0) is 31.7. The van der Waals surface area contributed by atoms with Gasteiger partial charge in [-0.05, 0) is 55.5 Å². The number of carbonyl (C=O) groups is 2. The molecule has 0 unspecified atom stereocenters. The smallest absolute Gasteiger partial charge is 0.434 e. The van der Waals surface area contributed by atoms with E-state index >= 15 is 0 Å². The van der Waals surface area contributed by atoms with Crippen molar-refractivity contribution in [3.63, 3.8) is 0 Å². The van der Waals surface area contributed by atoms with Crippen LogP contribution in [0.2, 0.25) is 0 Å². The molecule has 0 heterocycles. The summed E-state index contributed by atoms with van der Waals surface area (Å²) in [6.07, 6.45) is 23.0. The Morgan fingerprint density at radius 1 is 0.682 bits per heavy atom. The fourth-order valence-corrected chi connectivity index (χ4v) is 5.09. The number of non-ortho nitro benzene ring substituents is 1. The number of hydrogen-bond acceptors (Lipinski definition) is 6. The van der Waals surface area contributed by atoms with Crippen molar-refractivity contribution in [2.75, 3.05) is 11.9 Å². The largest absolute Gasteiger partial charge is 0.513 e. The Bertz CT molecular complexity index is 1060. The molecule has 0 aromatic heterocycles. The monoisotopic (exact) mass is 609 g/mol. The summed E-state index contributed by atoms with van der Waals surface area (Å²) in [7, 11) is 0. The van der Waals surface area contributed by atoms with Crippen LogP contribution < -0.4 is 10.1 Å². The second kappa shape index (κ2) is 24.0. The number of nitrogens with one attached hydrogen (secondary N) is 1. The van der Waals surface area contributed by atoms with E-state index in [9.17, 15) is 19.7 Å². The number of amides is 1. The van der Waals surface area contributed by atoms with Gasteiger partial charge in [-0.2, -0.15) is 0 Å². The topological polar surface area (TPSA) is 108 Å². The molecule has 2 aromatic rings. The maximum Gasteiger partial charge on any atom is 0.513 e. The number of anilines is 1. The van der Waals surface area contributed by atoms with Crippen LogP contribution in [0.3, 0.4) is 0 Å². The van der Waals surface area contributed by atoms with Crippen molar-refractivity contribution in [1.29, 1.82) is 0 Å². The molecular weight excluding hydrogens is 556 g/mol. The average molecular weight is 610 g/mol.